The van der Waals surface area contributed by atoms with Gasteiger partial charge >= 0.3 is 0 Å². The van der Waals surface area contributed by atoms with Gasteiger partial charge in [-0.2, -0.15) is 0 Å². The summed E-state index contributed by atoms with van der Waals surface area (Å²) in [4.78, 5) is 2.57. The number of nitrogens with zero attached hydrogens (tertiary/aromatic N) is 2. The van der Waals surface area contributed by atoms with Crippen LogP contribution in [0.1, 0.15) is 24.8 Å². The molecule has 0 saturated carbocycles. The second kappa shape index (κ2) is 5.76. The molecule has 3 nitrogen and oxygen atoms in total. The second-order valence-corrected chi connectivity index (χ2v) is 5.46. The number of likely N-dealkylation sites (tertiary alicyclic amines) is 1. The minimum absolute atomic E-state index is 0.120. The third-order valence-corrected chi connectivity index (χ3v) is 4.12. The minimum atomic E-state index is 0.120. The van der Waals surface area contributed by atoms with Crippen LogP contribution in [0.3, 0.4) is 0 Å². The molecular weight excluding hydrogens is 236 g/mol. The molecule has 0 spiro atoms. The summed E-state index contributed by atoms with van der Waals surface area (Å²) in [6.45, 7) is 4.84. The highest BCUT2D eigenvalue weighted by atomic mass is 16.3. The van der Waals surface area contributed by atoms with E-state index in [4.69, 9.17) is 5.11 Å². The molecule has 2 heterocycles. The normalized spacial score (nSPS) is 17.1. The number of hydrogen-bond acceptors (Lipinski definition) is 2. The Morgan fingerprint density at radius 2 is 1.84 bits per heavy atom. The number of aliphatic hydroxyl groups is 1. The molecular formula is C16H22N2O. The smallest absolute Gasteiger partial charge is 0.0682 e. The number of piperidine rings is 1. The first-order chi connectivity index (χ1) is 9.36. The summed E-state index contributed by atoms with van der Waals surface area (Å²) in [7, 11) is 0. The number of hydrogen-bond donors (Lipinski definition) is 1. The molecule has 0 atom stereocenters. The van der Waals surface area contributed by atoms with Gasteiger partial charge in [-0.3, -0.25) is 0 Å². The lowest BCUT2D eigenvalue weighted by Gasteiger charge is -2.26. The van der Waals surface area contributed by atoms with Crippen LogP contribution < -0.4 is 0 Å². The number of aliphatic hydroxyl groups excluding tert-OH is 1. The largest absolute Gasteiger partial charge is 0.392 e. The summed E-state index contributed by atoms with van der Waals surface area (Å²) in [5.41, 5.74) is 2.26. The van der Waals surface area contributed by atoms with Crippen molar-refractivity contribution < 1.29 is 5.11 Å². The van der Waals surface area contributed by atoms with E-state index in [0.29, 0.717) is 0 Å². The molecule has 1 N–H and O–H groups in total. The number of fused-ring (bicyclic) bond motifs is 1. The predicted octanol–water partition coefficient (Wildman–Crippen LogP) is 2.62. The van der Waals surface area contributed by atoms with Gasteiger partial charge < -0.3 is 14.6 Å². The van der Waals surface area contributed by atoms with Crippen LogP contribution >= 0.6 is 0 Å². The number of rotatable bonds is 4. The first-order valence-electron chi connectivity index (χ1n) is 7.28. The molecule has 0 bridgehead atoms. The Morgan fingerprint density at radius 1 is 1.00 bits per heavy atom. The van der Waals surface area contributed by atoms with Gasteiger partial charge in [0.25, 0.3) is 0 Å². The van der Waals surface area contributed by atoms with Crippen LogP contribution in [0, 0.1) is 0 Å². The van der Waals surface area contributed by atoms with Gasteiger partial charge in [0.15, 0.2) is 0 Å². The van der Waals surface area contributed by atoms with Gasteiger partial charge in [0.05, 0.1) is 6.61 Å². The molecule has 3 heteroatoms. The summed E-state index contributed by atoms with van der Waals surface area (Å²) < 4.78 is 2.32. The molecule has 0 aliphatic carbocycles. The van der Waals surface area contributed by atoms with Crippen LogP contribution in [-0.2, 0) is 13.2 Å². The zero-order valence-corrected chi connectivity index (χ0v) is 11.4. The van der Waals surface area contributed by atoms with E-state index in [0.717, 1.165) is 18.7 Å². The number of benzene rings is 1. The predicted molar refractivity (Wildman–Crippen MR) is 78.2 cm³/mol. The van der Waals surface area contributed by atoms with E-state index in [2.05, 4.69) is 33.9 Å². The van der Waals surface area contributed by atoms with E-state index < -0.39 is 0 Å². The van der Waals surface area contributed by atoms with E-state index in [1.54, 1.807) is 0 Å². The van der Waals surface area contributed by atoms with Crippen molar-refractivity contribution in [2.75, 3.05) is 19.6 Å². The van der Waals surface area contributed by atoms with Crippen LogP contribution in [0.25, 0.3) is 10.9 Å². The van der Waals surface area contributed by atoms with Crippen molar-refractivity contribution in [3.8, 4) is 0 Å². The summed E-state index contributed by atoms with van der Waals surface area (Å²) in [5, 5.41) is 10.4. The van der Waals surface area contributed by atoms with E-state index in [-0.39, 0.29) is 6.61 Å². The molecule has 1 aliphatic rings. The van der Waals surface area contributed by atoms with Gasteiger partial charge in [-0.1, -0.05) is 12.5 Å². The lowest BCUT2D eigenvalue weighted by atomic mass is 10.1. The van der Waals surface area contributed by atoms with Crippen LogP contribution in [0.5, 0.6) is 0 Å². The molecule has 1 aromatic heterocycles. The lowest BCUT2D eigenvalue weighted by Crippen LogP contribution is -2.32. The SMILES string of the molecule is OCc1ccc2c(ccn2CCN2CCCCC2)c1. The van der Waals surface area contributed by atoms with Gasteiger partial charge in [0.2, 0.25) is 0 Å². The zero-order chi connectivity index (χ0) is 13.1. The summed E-state index contributed by atoms with van der Waals surface area (Å²) in [6.07, 6.45) is 6.27. The van der Waals surface area contributed by atoms with Gasteiger partial charge in [0.1, 0.15) is 0 Å². The molecule has 0 amide bonds. The fourth-order valence-corrected chi connectivity index (χ4v) is 2.98. The van der Waals surface area contributed by atoms with Gasteiger partial charge in [0, 0.05) is 24.8 Å². The first-order valence-corrected chi connectivity index (χ1v) is 7.28. The third kappa shape index (κ3) is 2.82. The van der Waals surface area contributed by atoms with E-state index >= 15 is 0 Å². The Bertz CT molecular complexity index is 541. The minimum Gasteiger partial charge on any atom is -0.392 e. The quantitative estimate of drug-likeness (QED) is 0.913. The van der Waals surface area contributed by atoms with Crippen LogP contribution in [0.15, 0.2) is 30.5 Å². The Labute approximate surface area is 114 Å². The average Bonchev–Trinajstić information content (AvgIpc) is 2.88. The Balaban J connectivity index is 1.70. The van der Waals surface area contributed by atoms with Gasteiger partial charge in [-0.15, -0.1) is 0 Å². The third-order valence-electron chi connectivity index (χ3n) is 4.12. The Kier molecular flexibility index (Phi) is 3.85. The maximum Gasteiger partial charge on any atom is 0.0682 e. The van der Waals surface area contributed by atoms with Crippen molar-refractivity contribution in [2.45, 2.75) is 32.4 Å². The molecule has 1 aromatic carbocycles. The maximum absolute atomic E-state index is 9.16. The molecule has 0 unspecified atom stereocenters. The molecule has 1 fully saturated rings. The molecule has 0 radical (unpaired) electrons. The Hall–Kier alpha value is -1.32. The Morgan fingerprint density at radius 3 is 2.63 bits per heavy atom. The van der Waals surface area contributed by atoms with Crippen molar-refractivity contribution in [2.24, 2.45) is 0 Å². The van der Waals surface area contributed by atoms with Crippen molar-refractivity contribution in [3.05, 3.63) is 36.0 Å². The fourth-order valence-electron chi connectivity index (χ4n) is 2.98. The molecule has 3 rings (SSSR count). The standard InChI is InChI=1S/C16H22N2O/c19-13-14-4-5-16-15(12-14)6-9-18(16)11-10-17-7-2-1-3-8-17/h4-6,9,12,19H,1-3,7-8,10-11,13H2. The molecule has 1 aliphatic heterocycles. The molecule has 2 aromatic rings. The molecule has 1 saturated heterocycles. The zero-order valence-electron chi connectivity index (χ0n) is 11.4. The second-order valence-electron chi connectivity index (χ2n) is 5.46. The summed E-state index contributed by atoms with van der Waals surface area (Å²) in [6, 6.07) is 8.36. The van der Waals surface area contributed by atoms with Crippen molar-refractivity contribution in [3.63, 3.8) is 0 Å². The first kappa shape index (κ1) is 12.7. The topological polar surface area (TPSA) is 28.4 Å². The maximum atomic E-state index is 9.16. The highest BCUT2D eigenvalue weighted by Crippen LogP contribution is 2.18. The van der Waals surface area contributed by atoms with E-state index in [1.165, 1.54) is 43.3 Å². The summed E-state index contributed by atoms with van der Waals surface area (Å²) in [5.74, 6) is 0. The lowest BCUT2D eigenvalue weighted by molar-refractivity contribution is 0.221. The number of aromatic nitrogens is 1. The van der Waals surface area contributed by atoms with Crippen molar-refractivity contribution in [1.29, 1.82) is 0 Å². The fraction of sp³-hybridized carbons (Fsp3) is 0.500. The summed E-state index contributed by atoms with van der Waals surface area (Å²) >= 11 is 0. The van der Waals surface area contributed by atoms with Gasteiger partial charge in [-0.05, 0) is 55.1 Å². The van der Waals surface area contributed by atoms with Crippen LogP contribution in [0.2, 0.25) is 0 Å². The van der Waals surface area contributed by atoms with Crippen LogP contribution in [0.4, 0.5) is 0 Å². The molecule has 102 valence electrons. The highest BCUT2D eigenvalue weighted by molar-refractivity contribution is 5.80. The van der Waals surface area contributed by atoms with Crippen molar-refractivity contribution >= 4 is 10.9 Å². The van der Waals surface area contributed by atoms with E-state index in [1.807, 2.05) is 6.07 Å². The highest BCUT2D eigenvalue weighted by Gasteiger charge is 2.10. The monoisotopic (exact) mass is 258 g/mol. The average molecular weight is 258 g/mol. The molecule has 19 heavy (non-hydrogen) atoms. The van der Waals surface area contributed by atoms with Crippen LogP contribution in [-0.4, -0.2) is 34.2 Å². The van der Waals surface area contributed by atoms with Gasteiger partial charge in [-0.25, -0.2) is 0 Å². The van der Waals surface area contributed by atoms with Crippen molar-refractivity contribution in [1.82, 2.24) is 9.47 Å². The van der Waals surface area contributed by atoms with E-state index in [9.17, 15) is 0 Å².